The van der Waals surface area contributed by atoms with Crippen molar-refractivity contribution in [2.75, 3.05) is 5.32 Å². The average Bonchev–Trinajstić information content (AvgIpc) is 2.82. The molecule has 0 bridgehead atoms. The van der Waals surface area contributed by atoms with E-state index in [9.17, 15) is 9.59 Å². The smallest absolute Gasteiger partial charge is 0.371 e. The Morgan fingerprint density at radius 2 is 1.84 bits per heavy atom. The van der Waals surface area contributed by atoms with Crippen molar-refractivity contribution in [1.82, 2.24) is 4.98 Å². The highest BCUT2D eigenvalue weighted by Gasteiger charge is 2.15. The normalized spacial score (nSPS) is 10.2. The van der Waals surface area contributed by atoms with E-state index in [-0.39, 0.29) is 11.5 Å². The Kier molecular flexibility index (Phi) is 3.33. The number of nitrogens with zero attached hydrogens (tertiary/aromatic N) is 1. The van der Waals surface area contributed by atoms with E-state index in [1.165, 1.54) is 12.1 Å². The molecule has 6 heteroatoms. The van der Waals surface area contributed by atoms with E-state index in [1.807, 2.05) is 6.92 Å². The number of aromatic nitrogens is 1. The summed E-state index contributed by atoms with van der Waals surface area (Å²) in [6.07, 6.45) is 0. The topological polar surface area (TPSA) is 92.4 Å². The summed E-state index contributed by atoms with van der Waals surface area (Å²) >= 11 is 0. The lowest BCUT2D eigenvalue weighted by atomic mass is 10.2. The van der Waals surface area contributed by atoms with Gasteiger partial charge >= 0.3 is 5.97 Å². The molecule has 2 rings (SSSR count). The zero-order chi connectivity index (χ0) is 14.0. The van der Waals surface area contributed by atoms with Crippen molar-refractivity contribution in [3.63, 3.8) is 0 Å². The number of nitrogens with one attached hydrogen (secondary N) is 1. The molecular weight excluding hydrogens is 248 g/mol. The van der Waals surface area contributed by atoms with Gasteiger partial charge in [0.2, 0.25) is 5.76 Å². The van der Waals surface area contributed by atoms with Gasteiger partial charge in [0.25, 0.3) is 5.91 Å². The van der Waals surface area contributed by atoms with E-state index in [1.54, 1.807) is 19.1 Å². The fourth-order valence-corrected chi connectivity index (χ4v) is 1.58. The number of carbonyl (C=O) groups is 2. The Morgan fingerprint density at radius 3 is 2.42 bits per heavy atom. The average molecular weight is 260 g/mol. The third kappa shape index (κ3) is 2.79. The minimum atomic E-state index is -1.22. The van der Waals surface area contributed by atoms with Crippen molar-refractivity contribution in [1.29, 1.82) is 0 Å². The molecule has 1 amide bonds. The molecule has 19 heavy (non-hydrogen) atoms. The maximum absolute atomic E-state index is 11.9. The summed E-state index contributed by atoms with van der Waals surface area (Å²) in [5, 5.41) is 11.3. The molecule has 0 saturated carbocycles. The summed E-state index contributed by atoms with van der Waals surface area (Å²) < 4.78 is 4.91. The molecule has 0 atom stereocenters. The maximum atomic E-state index is 11.9. The van der Waals surface area contributed by atoms with Gasteiger partial charge in [-0.25, -0.2) is 4.79 Å². The van der Waals surface area contributed by atoms with Crippen molar-refractivity contribution in [3.8, 4) is 0 Å². The van der Waals surface area contributed by atoms with Crippen LogP contribution in [0.4, 0.5) is 5.69 Å². The van der Waals surface area contributed by atoms with E-state index < -0.39 is 11.9 Å². The van der Waals surface area contributed by atoms with Crippen LogP contribution in [0.25, 0.3) is 0 Å². The summed E-state index contributed by atoms with van der Waals surface area (Å²) in [6.45, 7) is 3.62. The van der Waals surface area contributed by atoms with Gasteiger partial charge in [0.1, 0.15) is 0 Å². The van der Waals surface area contributed by atoms with Crippen LogP contribution in [0.5, 0.6) is 0 Å². The van der Waals surface area contributed by atoms with Crippen LogP contribution in [-0.4, -0.2) is 22.0 Å². The second-order valence-corrected chi connectivity index (χ2v) is 4.01. The minimum absolute atomic E-state index is 0.0580. The molecule has 0 saturated heterocycles. The van der Waals surface area contributed by atoms with Crippen LogP contribution in [0, 0.1) is 13.8 Å². The van der Waals surface area contributed by atoms with E-state index in [0.717, 1.165) is 5.69 Å². The maximum Gasteiger partial charge on any atom is 0.371 e. The van der Waals surface area contributed by atoms with Crippen LogP contribution in [-0.2, 0) is 0 Å². The van der Waals surface area contributed by atoms with E-state index in [4.69, 9.17) is 9.52 Å². The molecule has 0 unspecified atom stereocenters. The van der Waals surface area contributed by atoms with Gasteiger partial charge in [-0.05, 0) is 38.1 Å². The number of furan rings is 1. The number of rotatable bonds is 3. The number of pyridine rings is 1. The Balaban J connectivity index is 2.18. The van der Waals surface area contributed by atoms with Crippen molar-refractivity contribution in [2.45, 2.75) is 13.8 Å². The zero-order valence-corrected chi connectivity index (χ0v) is 10.4. The first-order valence-corrected chi connectivity index (χ1v) is 5.56. The van der Waals surface area contributed by atoms with Gasteiger partial charge in [0.15, 0.2) is 5.76 Å². The molecule has 6 nitrogen and oxygen atoms in total. The molecule has 98 valence electrons. The molecule has 0 fully saturated rings. The van der Waals surface area contributed by atoms with Crippen molar-refractivity contribution in [2.24, 2.45) is 0 Å². The number of aryl methyl sites for hydroxylation is 2. The van der Waals surface area contributed by atoms with E-state index in [2.05, 4.69) is 10.3 Å². The first kappa shape index (κ1) is 12.8. The monoisotopic (exact) mass is 260 g/mol. The third-order valence-corrected chi connectivity index (χ3v) is 2.51. The molecule has 0 aromatic carbocycles. The molecule has 2 heterocycles. The predicted molar refractivity (Wildman–Crippen MR) is 67.3 cm³/mol. The summed E-state index contributed by atoms with van der Waals surface area (Å²) in [4.78, 5) is 26.7. The van der Waals surface area contributed by atoms with Gasteiger partial charge in [-0.3, -0.25) is 9.78 Å². The number of amides is 1. The molecule has 0 aliphatic carbocycles. The molecule has 2 aromatic heterocycles. The molecule has 2 aromatic rings. The van der Waals surface area contributed by atoms with Crippen LogP contribution in [0.2, 0.25) is 0 Å². The standard InChI is InChI=1S/C13H12N2O4/c1-7-3-4-9(8(2)14-7)15-12(16)10-5-6-11(19-10)13(17)18/h3-6H,1-2H3,(H,15,16)(H,17,18). The number of carboxylic acid groups (broad SMARTS) is 1. The van der Waals surface area contributed by atoms with Gasteiger partial charge in [-0.2, -0.15) is 0 Å². The number of aromatic carboxylic acids is 1. The molecule has 0 aliphatic rings. The van der Waals surface area contributed by atoms with Crippen molar-refractivity contribution < 1.29 is 19.1 Å². The van der Waals surface area contributed by atoms with Gasteiger partial charge in [-0.1, -0.05) is 0 Å². The molecule has 0 radical (unpaired) electrons. The SMILES string of the molecule is Cc1ccc(NC(=O)c2ccc(C(=O)O)o2)c(C)n1. The molecule has 0 spiro atoms. The van der Waals surface area contributed by atoms with Crippen LogP contribution in [0.1, 0.15) is 32.5 Å². The Morgan fingerprint density at radius 1 is 1.16 bits per heavy atom. The second-order valence-electron chi connectivity index (χ2n) is 4.01. The number of carbonyl (C=O) groups excluding carboxylic acids is 1. The minimum Gasteiger partial charge on any atom is -0.475 e. The first-order chi connectivity index (χ1) is 8.97. The summed E-state index contributed by atoms with van der Waals surface area (Å²) in [6, 6.07) is 6.05. The van der Waals surface area contributed by atoms with Crippen molar-refractivity contribution >= 4 is 17.6 Å². The largest absolute Gasteiger partial charge is 0.475 e. The van der Waals surface area contributed by atoms with E-state index >= 15 is 0 Å². The van der Waals surface area contributed by atoms with Crippen LogP contribution < -0.4 is 5.32 Å². The fourth-order valence-electron chi connectivity index (χ4n) is 1.58. The fraction of sp³-hybridized carbons (Fsp3) is 0.154. The molecular formula is C13H12N2O4. The molecule has 2 N–H and O–H groups in total. The highest BCUT2D eigenvalue weighted by atomic mass is 16.4. The number of anilines is 1. The second kappa shape index (κ2) is 4.93. The lowest BCUT2D eigenvalue weighted by molar-refractivity contribution is 0.0660. The highest BCUT2D eigenvalue weighted by molar-refractivity contribution is 6.03. The first-order valence-electron chi connectivity index (χ1n) is 5.56. The number of hydrogen-bond acceptors (Lipinski definition) is 4. The van der Waals surface area contributed by atoms with Crippen LogP contribution >= 0.6 is 0 Å². The van der Waals surface area contributed by atoms with Gasteiger partial charge in [0.05, 0.1) is 11.4 Å². The Labute approximate surface area is 109 Å². The zero-order valence-electron chi connectivity index (χ0n) is 10.4. The van der Waals surface area contributed by atoms with E-state index in [0.29, 0.717) is 11.4 Å². The van der Waals surface area contributed by atoms with Gasteiger partial charge in [-0.15, -0.1) is 0 Å². The van der Waals surface area contributed by atoms with Gasteiger partial charge < -0.3 is 14.8 Å². The summed E-state index contributed by atoms with van der Waals surface area (Å²) in [5.74, 6) is -2.06. The highest BCUT2D eigenvalue weighted by Crippen LogP contribution is 2.15. The summed E-state index contributed by atoms with van der Waals surface area (Å²) in [5.41, 5.74) is 2.09. The lowest BCUT2D eigenvalue weighted by Gasteiger charge is -2.06. The quantitative estimate of drug-likeness (QED) is 0.882. The third-order valence-electron chi connectivity index (χ3n) is 2.51. The number of carboxylic acids is 1. The van der Waals surface area contributed by atoms with Crippen LogP contribution in [0.15, 0.2) is 28.7 Å². The Bertz CT molecular complexity index is 646. The van der Waals surface area contributed by atoms with Gasteiger partial charge in [0, 0.05) is 5.69 Å². The number of hydrogen-bond donors (Lipinski definition) is 2. The lowest BCUT2D eigenvalue weighted by Crippen LogP contribution is -2.12. The Hall–Kier alpha value is -2.63. The predicted octanol–water partition coefficient (Wildman–Crippen LogP) is 2.24. The van der Waals surface area contributed by atoms with Crippen LogP contribution in [0.3, 0.4) is 0 Å². The van der Waals surface area contributed by atoms with Crippen molar-refractivity contribution in [3.05, 3.63) is 47.2 Å². The molecule has 0 aliphatic heterocycles. The summed E-state index contributed by atoms with van der Waals surface area (Å²) in [7, 11) is 0.